The van der Waals surface area contributed by atoms with Gasteiger partial charge >= 0.3 is 0 Å². The molecule has 4 heteroatoms. The lowest BCUT2D eigenvalue weighted by molar-refractivity contribution is -0.118. The Morgan fingerprint density at radius 3 is 2.46 bits per heavy atom. The minimum atomic E-state index is -0.457. The number of allylic oxidation sites excluding steroid dienone is 3. The van der Waals surface area contributed by atoms with E-state index in [9.17, 15) is 14.7 Å². The lowest BCUT2D eigenvalue weighted by Gasteiger charge is -2.39. The van der Waals surface area contributed by atoms with Crippen LogP contribution >= 0.6 is 0 Å². The Bertz CT molecular complexity index is 1120. The molecule has 4 nitrogen and oxygen atoms in total. The topological polar surface area (TPSA) is 66.4 Å². The number of hydrogen-bond acceptors (Lipinski definition) is 4. The van der Waals surface area contributed by atoms with E-state index >= 15 is 0 Å². The number of Topliss-reactive ketones (excluding diaryl/α,β-unsaturated/α-hetero) is 2. The standard InChI is InChI=1S/C24H21NO3/c1-24(2)11-17-20(18(27)12-24)19(13-6-5-7-14(26)10-13)21-22(25-17)15-8-3-4-9-16(15)23(21)28/h3-10,19,25-26H,11-12H2,1-2H3/t19-/m0/s1. The van der Waals surface area contributed by atoms with Crippen LogP contribution in [0.5, 0.6) is 5.75 Å². The summed E-state index contributed by atoms with van der Waals surface area (Å²) in [6.45, 7) is 4.19. The van der Waals surface area contributed by atoms with Gasteiger partial charge in [0.15, 0.2) is 11.6 Å². The van der Waals surface area contributed by atoms with Crippen molar-refractivity contribution >= 4 is 17.3 Å². The van der Waals surface area contributed by atoms with Crippen molar-refractivity contribution in [1.82, 2.24) is 5.32 Å². The largest absolute Gasteiger partial charge is 0.508 e. The molecule has 0 radical (unpaired) electrons. The van der Waals surface area contributed by atoms with Crippen molar-refractivity contribution in [2.75, 3.05) is 0 Å². The van der Waals surface area contributed by atoms with Gasteiger partial charge in [0.2, 0.25) is 0 Å². The van der Waals surface area contributed by atoms with E-state index in [1.165, 1.54) is 0 Å². The maximum Gasteiger partial charge on any atom is 0.192 e. The first-order valence-corrected chi connectivity index (χ1v) is 9.56. The molecule has 0 unspecified atom stereocenters. The molecule has 0 fully saturated rings. The number of dihydropyridines is 1. The molecule has 1 heterocycles. The van der Waals surface area contributed by atoms with Gasteiger partial charge in [-0.15, -0.1) is 0 Å². The first-order chi connectivity index (χ1) is 13.4. The van der Waals surface area contributed by atoms with Crippen LogP contribution in [0.2, 0.25) is 0 Å². The third-order valence-electron chi connectivity index (χ3n) is 5.93. The molecule has 0 amide bonds. The van der Waals surface area contributed by atoms with Crippen molar-refractivity contribution in [2.45, 2.75) is 32.6 Å². The summed E-state index contributed by atoms with van der Waals surface area (Å²) in [6.07, 6.45) is 1.20. The van der Waals surface area contributed by atoms with Crippen molar-refractivity contribution < 1.29 is 14.7 Å². The van der Waals surface area contributed by atoms with Gasteiger partial charge in [0, 0.05) is 40.3 Å². The van der Waals surface area contributed by atoms with Crippen molar-refractivity contribution in [2.24, 2.45) is 5.41 Å². The van der Waals surface area contributed by atoms with E-state index in [2.05, 4.69) is 19.2 Å². The fourth-order valence-electron chi connectivity index (χ4n) is 4.83. The fourth-order valence-corrected chi connectivity index (χ4v) is 4.83. The van der Waals surface area contributed by atoms with Crippen molar-refractivity contribution in [3.63, 3.8) is 0 Å². The molecule has 0 saturated heterocycles. The maximum atomic E-state index is 13.3. The minimum Gasteiger partial charge on any atom is -0.508 e. The summed E-state index contributed by atoms with van der Waals surface area (Å²) in [6, 6.07) is 14.5. The van der Waals surface area contributed by atoms with Gasteiger partial charge in [0.05, 0.1) is 5.70 Å². The molecule has 3 aliphatic rings. The quantitative estimate of drug-likeness (QED) is 0.783. The van der Waals surface area contributed by atoms with Crippen molar-refractivity contribution in [3.05, 3.63) is 82.1 Å². The molecule has 28 heavy (non-hydrogen) atoms. The maximum absolute atomic E-state index is 13.3. The van der Waals surface area contributed by atoms with Crippen LogP contribution in [0.1, 0.15) is 54.1 Å². The van der Waals surface area contributed by atoms with Crippen LogP contribution in [-0.2, 0) is 4.79 Å². The number of carbonyl (C=O) groups excluding carboxylic acids is 2. The zero-order valence-electron chi connectivity index (χ0n) is 15.9. The molecule has 2 aromatic carbocycles. The van der Waals surface area contributed by atoms with Crippen molar-refractivity contribution in [1.29, 1.82) is 0 Å². The Labute approximate surface area is 163 Å². The second kappa shape index (κ2) is 5.68. The van der Waals surface area contributed by atoms with Gasteiger partial charge in [-0.05, 0) is 29.5 Å². The number of phenols is 1. The highest BCUT2D eigenvalue weighted by Gasteiger charge is 2.46. The zero-order valence-corrected chi connectivity index (χ0v) is 15.9. The average molecular weight is 371 g/mol. The van der Waals surface area contributed by atoms with Gasteiger partial charge in [-0.25, -0.2) is 0 Å². The van der Waals surface area contributed by atoms with Gasteiger partial charge in [0.1, 0.15) is 5.75 Å². The number of hydrogen-bond donors (Lipinski definition) is 2. The van der Waals surface area contributed by atoms with E-state index < -0.39 is 5.92 Å². The third-order valence-corrected chi connectivity index (χ3v) is 5.93. The van der Waals surface area contributed by atoms with E-state index in [4.69, 9.17) is 0 Å². The molecule has 140 valence electrons. The highest BCUT2D eigenvalue weighted by atomic mass is 16.3. The van der Waals surface area contributed by atoms with Crippen LogP contribution in [0.25, 0.3) is 5.70 Å². The third kappa shape index (κ3) is 2.37. The molecule has 0 aromatic heterocycles. The highest BCUT2D eigenvalue weighted by molar-refractivity contribution is 6.23. The molecule has 2 aliphatic carbocycles. The predicted octanol–water partition coefficient (Wildman–Crippen LogP) is 4.33. The summed E-state index contributed by atoms with van der Waals surface area (Å²) < 4.78 is 0. The van der Waals surface area contributed by atoms with Crippen LogP contribution in [-0.4, -0.2) is 16.7 Å². The van der Waals surface area contributed by atoms with Gasteiger partial charge in [0.25, 0.3) is 0 Å². The number of aromatic hydroxyl groups is 1. The number of nitrogens with one attached hydrogen (secondary N) is 1. The molecule has 0 bridgehead atoms. The minimum absolute atomic E-state index is 0.0457. The molecule has 1 aliphatic heterocycles. The molecule has 0 spiro atoms. The summed E-state index contributed by atoms with van der Waals surface area (Å²) in [5.74, 6) is -0.299. The van der Waals surface area contributed by atoms with E-state index in [1.54, 1.807) is 18.2 Å². The zero-order chi connectivity index (χ0) is 19.6. The SMILES string of the molecule is CC1(C)CC(=O)C2=C(C1)NC1=C(C(=O)c3ccccc31)[C@H]2c1cccc(O)c1. The second-order valence-corrected chi connectivity index (χ2v) is 8.65. The lowest BCUT2D eigenvalue weighted by Crippen LogP contribution is -2.37. The molecule has 2 aromatic rings. The van der Waals surface area contributed by atoms with E-state index in [0.717, 1.165) is 28.9 Å². The summed E-state index contributed by atoms with van der Waals surface area (Å²) in [5.41, 5.74) is 5.17. The van der Waals surface area contributed by atoms with Crippen LogP contribution < -0.4 is 5.32 Å². The lowest BCUT2D eigenvalue weighted by atomic mass is 9.68. The average Bonchev–Trinajstić information content (AvgIpc) is 2.92. The van der Waals surface area contributed by atoms with Crippen LogP contribution in [0, 0.1) is 5.41 Å². The Balaban J connectivity index is 1.76. The summed E-state index contributed by atoms with van der Waals surface area (Å²) >= 11 is 0. The second-order valence-electron chi connectivity index (χ2n) is 8.65. The monoisotopic (exact) mass is 371 g/mol. The first kappa shape index (κ1) is 17.0. The van der Waals surface area contributed by atoms with E-state index in [1.807, 2.05) is 30.3 Å². The number of rotatable bonds is 1. The fraction of sp³-hybridized carbons (Fsp3) is 0.250. The van der Waals surface area contributed by atoms with Gasteiger partial charge < -0.3 is 10.4 Å². The number of carbonyl (C=O) groups is 2. The molecule has 1 atom stereocenters. The normalized spacial score (nSPS) is 22.6. The van der Waals surface area contributed by atoms with Gasteiger partial charge in [-0.1, -0.05) is 50.2 Å². The Kier molecular flexibility index (Phi) is 3.45. The predicted molar refractivity (Wildman–Crippen MR) is 107 cm³/mol. The summed E-state index contributed by atoms with van der Waals surface area (Å²) in [5, 5.41) is 13.5. The Morgan fingerprint density at radius 2 is 1.71 bits per heavy atom. The van der Waals surface area contributed by atoms with Crippen LogP contribution in [0.4, 0.5) is 0 Å². The molecular formula is C24H21NO3. The number of phenolic OH excluding ortho intramolecular Hbond substituents is 1. The molecule has 0 saturated carbocycles. The van der Waals surface area contributed by atoms with Crippen molar-refractivity contribution in [3.8, 4) is 5.75 Å². The summed E-state index contributed by atoms with van der Waals surface area (Å²) in [4.78, 5) is 26.5. The number of benzene rings is 2. The van der Waals surface area contributed by atoms with Crippen LogP contribution in [0.15, 0.2) is 65.4 Å². The van der Waals surface area contributed by atoms with Gasteiger partial charge in [-0.3, -0.25) is 9.59 Å². The first-order valence-electron chi connectivity index (χ1n) is 9.56. The Hall–Kier alpha value is -3.14. The number of ketones is 2. The Morgan fingerprint density at radius 1 is 0.964 bits per heavy atom. The van der Waals surface area contributed by atoms with Gasteiger partial charge in [-0.2, -0.15) is 0 Å². The summed E-state index contributed by atoms with van der Waals surface area (Å²) in [7, 11) is 0. The van der Waals surface area contributed by atoms with E-state index in [-0.39, 0.29) is 22.7 Å². The molecule has 5 rings (SSSR count). The van der Waals surface area contributed by atoms with E-state index in [0.29, 0.717) is 23.1 Å². The smallest absolute Gasteiger partial charge is 0.192 e. The van der Waals surface area contributed by atoms with Crippen LogP contribution in [0.3, 0.4) is 0 Å². The molecule has 2 N–H and O–H groups in total. The molecular weight excluding hydrogens is 350 g/mol. The highest BCUT2D eigenvalue weighted by Crippen LogP contribution is 2.51. The number of fused-ring (bicyclic) bond motifs is 2.